The smallest absolute Gasteiger partial charge is 0.366 e. The molecule has 1 fully saturated rings. The number of anilines is 1. The highest BCUT2D eigenvalue weighted by molar-refractivity contribution is 5.60. The third-order valence-corrected chi connectivity index (χ3v) is 3.63. The molecule has 1 saturated heterocycles. The Hall–Kier alpha value is -1.59. The van der Waals surface area contributed by atoms with Crippen molar-refractivity contribution in [3.05, 3.63) is 28.7 Å². The summed E-state index contributed by atoms with van der Waals surface area (Å²) in [4.78, 5) is 12.4. The first kappa shape index (κ1) is 13.8. The third kappa shape index (κ3) is 2.57. The molecule has 104 valence electrons. The normalized spacial score (nSPS) is 23.7. The Morgan fingerprint density at radius 2 is 1.79 bits per heavy atom. The predicted octanol–water partition coefficient (Wildman–Crippen LogP) is 4.48. The van der Waals surface area contributed by atoms with Gasteiger partial charge in [0, 0.05) is 17.8 Å². The van der Waals surface area contributed by atoms with Crippen molar-refractivity contribution < 1.29 is 13.2 Å². The summed E-state index contributed by atoms with van der Waals surface area (Å²) >= 11 is 0. The van der Waals surface area contributed by atoms with Crippen molar-refractivity contribution in [1.29, 1.82) is 0 Å². The quantitative estimate of drug-likeness (QED) is 0.743. The molecular weight excluding hydrogens is 257 g/mol. The number of benzene rings is 1. The summed E-state index contributed by atoms with van der Waals surface area (Å²) in [5, 5.41) is 2.45. The Morgan fingerprint density at radius 1 is 1.21 bits per heavy atom. The van der Waals surface area contributed by atoms with Gasteiger partial charge in [-0.3, -0.25) is 0 Å². The molecule has 0 radical (unpaired) electrons. The summed E-state index contributed by atoms with van der Waals surface area (Å²) in [5.74, 6) is 0. The SMILES string of the molecule is C[C@@H]1CC[C@H](C)N1c1ccc(N=O)c(C(F)(F)F)c1. The van der Waals surface area contributed by atoms with Crippen LogP contribution in [-0.4, -0.2) is 12.1 Å². The van der Waals surface area contributed by atoms with E-state index in [0.717, 1.165) is 25.0 Å². The van der Waals surface area contributed by atoms with Crippen molar-refractivity contribution in [2.45, 2.75) is 44.9 Å². The molecule has 1 aliphatic heterocycles. The minimum absolute atomic E-state index is 0.200. The summed E-state index contributed by atoms with van der Waals surface area (Å²) in [5.41, 5.74) is -1.03. The molecule has 6 heteroatoms. The van der Waals surface area contributed by atoms with Gasteiger partial charge >= 0.3 is 6.18 Å². The number of alkyl halides is 3. The molecule has 0 saturated carbocycles. The van der Waals surface area contributed by atoms with Gasteiger partial charge in [-0.05, 0) is 50.1 Å². The number of nitrogens with zero attached hydrogens (tertiary/aromatic N) is 2. The van der Waals surface area contributed by atoms with Crippen LogP contribution < -0.4 is 4.90 Å². The molecule has 1 aliphatic rings. The van der Waals surface area contributed by atoms with Crippen molar-refractivity contribution in [2.75, 3.05) is 4.90 Å². The van der Waals surface area contributed by atoms with Gasteiger partial charge < -0.3 is 4.90 Å². The van der Waals surface area contributed by atoms with Crippen LogP contribution in [0.2, 0.25) is 0 Å². The van der Waals surface area contributed by atoms with Crippen LogP contribution >= 0.6 is 0 Å². The molecule has 1 aromatic carbocycles. The molecule has 2 atom stereocenters. The van der Waals surface area contributed by atoms with E-state index in [1.165, 1.54) is 6.07 Å². The van der Waals surface area contributed by atoms with Crippen LogP contribution in [0.1, 0.15) is 32.3 Å². The first-order chi connectivity index (χ1) is 8.84. The minimum Gasteiger partial charge on any atom is -0.366 e. The molecule has 1 aromatic rings. The van der Waals surface area contributed by atoms with Gasteiger partial charge in [-0.2, -0.15) is 13.2 Å². The molecule has 2 rings (SSSR count). The lowest BCUT2D eigenvalue weighted by atomic mass is 10.1. The molecule has 19 heavy (non-hydrogen) atoms. The summed E-state index contributed by atoms with van der Waals surface area (Å²) in [7, 11) is 0. The monoisotopic (exact) mass is 272 g/mol. The fourth-order valence-corrected chi connectivity index (χ4v) is 2.70. The van der Waals surface area contributed by atoms with Crippen LogP contribution in [0.15, 0.2) is 23.4 Å². The van der Waals surface area contributed by atoms with E-state index in [-0.39, 0.29) is 12.1 Å². The van der Waals surface area contributed by atoms with Gasteiger partial charge in [0.25, 0.3) is 0 Å². The van der Waals surface area contributed by atoms with E-state index < -0.39 is 17.4 Å². The minimum atomic E-state index is -4.56. The van der Waals surface area contributed by atoms with Crippen LogP contribution in [-0.2, 0) is 6.18 Å². The van der Waals surface area contributed by atoms with Crippen LogP contribution in [0.4, 0.5) is 24.5 Å². The lowest BCUT2D eigenvalue weighted by Crippen LogP contribution is -2.32. The Balaban J connectivity index is 2.46. The largest absolute Gasteiger partial charge is 0.418 e. The predicted molar refractivity (Wildman–Crippen MR) is 67.5 cm³/mol. The first-order valence-electron chi connectivity index (χ1n) is 6.17. The van der Waals surface area contributed by atoms with Crippen LogP contribution in [0.5, 0.6) is 0 Å². The van der Waals surface area contributed by atoms with Gasteiger partial charge in [-0.15, -0.1) is 4.91 Å². The number of hydrogen-bond acceptors (Lipinski definition) is 3. The Morgan fingerprint density at radius 3 is 2.26 bits per heavy atom. The molecule has 1 heterocycles. The summed E-state index contributed by atoms with van der Waals surface area (Å²) in [6.07, 6.45) is -2.65. The molecule has 3 nitrogen and oxygen atoms in total. The summed E-state index contributed by atoms with van der Waals surface area (Å²) < 4.78 is 38.6. The highest BCUT2D eigenvalue weighted by Gasteiger charge is 2.36. The Kier molecular flexibility index (Phi) is 3.52. The van der Waals surface area contributed by atoms with Gasteiger partial charge in [0.05, 0.1) is 5.56 Å². The first-order valence-corrected chi connectivity index (χ1v) is 6.17. The van der Waals surface area contributed by atoms with E-state index in [2.05, 4.69) is 5.18 Å². The maximum absolute atomic E-state index is 12.9. The van der Waals surface area contributed by atoms with E-state index in [1.807, 2.05) is 18.7 Å². The van der Waals surface area contributed by atoms with Crippen molar-refractivity contribution >= 4 is 11.4 Å². The average Bonchev–Trinajstić information content (AvgIpc) is 2.67. The van der Waals surface area contributed by atoms with Gasteiger partial charge in [0.2, 0.25) is 0 Å². The zero-order chi connectivity index (χ0) is 14.2. The second-order valence-electron chi connectivity index (χ2n) is 4.97. The Bertz CT molecular complexity index is 477. The average molecular weight is 272 g/mol. The third-order valence-electron chi connectivity index (χ3n) is 3.63. The zero-order valence-electron chi connectivity index (χ0n) is 10.7. The van der Waals surface area contributed by atoms with E-state index in [1.54, 1.807) is 0 Å². The van der Waals surface area contributed by atoms with Gasteiger partial charge in [-0.1, -0.05) is 0 Å². The van der Waals surface area contributed by atoms with Crippen LogP contribution in [0, 0.1) is 4.91 Å². The summed E-state index contributed by atoms with van der Waals surface area (Å²) in [6.45, 7) is 3.98. The number of halogens is 3. The second-order valence-corrected chi connectivity index (χ2v) is 4.97. The van der Waals surface area contributed by atoms with E-state index in [0.29, 0.717) is 5.69 Å². The Labute approximate surface area is 109 Å². The van der Waals surface area contributed by atoms with Gasteiger partial charge in [0.15, 0.2) is 0 Å². The van der Waals surface area contributed by atoms with Crippen molar-refractivity contribution in [2.24, 2.45) is 5.18 Å². The number of rotatable bonds is 2. The topological polar surface area (TPSA) is 32.7 Å². The van der Waals surface area contributed by atoms with E-state index in [4.69, 9.17) is 0 Å². The number of nitroso groups, excluding NO2 is 1. The summed E-state index contributed by atoms with van der Waals surface area (Å²) in [6, 6.07) is 4.10. The van der Waals surface area contributed by atoms with E-state index >= 15 is 0 Å². The van der Waals surface area contributed by atoms with Crippen molar-refractivity contribution in [3.63, 3.8) is 0 Å². The van der Waals surface area contributed by atoms with Gasteiger partial charge in [0.1, 0.15) is 5.69 Å². The van der Waals surface area contributed by atoms with Crippen molar-refractivity contribution in [1.82, 2.24) is 0 Å². The number of hydrogen-bond donors (Lipinski definition) is 0. The van der Waals surface area contributed by atoms with Crippen LogP contribution in [0.25, 0.3) is 0 Å². The molecular formula is C13H15F3N2O. The highest BCUT2D eigenvalue weighted by Crippen LogP contribution is 2.40. The molecule has 0 spiro atoms. The van der Waals surface area contributed by atoms with Crippen molar-refractivity contribution in [3.8, 4) is 0 Å². The maximum atomic E-state index is 12.9. The lowest BCUT2D eigenvalue weighted by molar-refractivity contribution is -0.137. The molecule has 0 amide bonds. The fourth-order valence-electron chi connectivity index (χ4n) is 2.70. The van der Waals surface area contributed by atoms with Gasteiger partial charge in [-0.25, -0.2) is 0 Å². The molecule has 0 N–H and O–H groups in total. The highest BCUT2D eigenvalue weighted by atomic mass is 19.4. The fraction of sp³-hybridized carbons (Fsp3) is 0.538. The van der Waals surface area contributed by atoms with E-state index in [9.17, 15) is 18.1 Å². The molecule has 0 bridgehead atoms. The zero-order valence-corrected chi connectivity index (χ0v) is 10.7. The van der Waals surface area contributed by atoms with Crippen LogP contribution in [0.3, 0.4) is 0 Å². The molecule has 0 unspecified atom stereocenters. The second kappa shape index (κ2) is 4.83. The molecule has 0 aromatic heterocycles. The standard InChI is InChI=1S/C13H15F3N2O/c1-8-3-4-9(2)18(8)10-5-6-12(17-19)11(7-10)13(14,15)16/h5-9H,3-4H2,1-2H3/t8-,9+. The lowest BCUT2D eigenvalue weighted by Gasteiger charge is -2.29. The molecule has 0 aliphatic carbocycles. The maximum Gasteiger partial charge on any atom is 0.418 e.